The number of amides is 5. The Bertz CT molecular complexity index is 1460. The zero-order valence-corrected chi connectivity index (χ0v) is 40.3. The molecule has 0 aromatic rings. The predicted molar refractivity (Wildman–Crippen MR) is 239 cm³/mol. The summed E-state index contributed by atoms with van der Waals surface area (Å²) in [5, 5.41) is 4.95. The summed E-state index contributed by atoms with van der Waals surface area (Å²) in [4.78, 5) is 81.3. The van der Waals surface area contributed by atoms with Gasteiger partial charge in [-0.3, -0.25) is 20.6 Å². The molecule has 4 N–H and O–H groups in total. The molecule has 0 unspecified atom stereocenters. The number of carbonyl (C=O) groups excluding carboxylic acids is 5. The molecule has 0 aliphatic rings. The Morgan fingerprint density at radius 1 is 0.475 bits per heavy atom. The number of ether oxygens (including phenoxy) is 5. The average Bonchev–Trinajstić information content (AvgIpc) is 3.01. The number of nitrogens with two attached hydrogens (primary N) is 1. The van der Waals surface area contributed by atoms with E-state index in [1.807, 2.05) is 0 Å². The Labute approximate surface area is 365 Å². The number of nitrogens with one attached hydrogen (secondary N) is 2. The third kappa shape index (κ3) is 31.8. The van der Waals surface area contributed by atoms with Crippen molar-refractivity contribution in [3.05, 3.63) is 0 Å². The van der Waals surface area contributed by atoms with E-state index in [1.54, 1.807) is 111 Å². The maximum atomic E-state index is 14.0. The van der Waals surface area contributed by atoms with Crippen molar-refractivity contribution in [1.29, 1.82) is 0 Å². The van der Waals surface area contributed by atoms with Gasteiger partial charge in [-0.2, -0.15) is 0 Å². The molecular weight excluding hydrogens is 789 g/mol. The number of nitrogens with zero attached hydrogens (tertiary/aromatic N) is 5. The molecule has 0 aromatic heterocycles. The molecule has 0 aliphatic heterocycles. The molecule has 0 fully saturated rings. The molecule has 0 saturated carbocycles. The van der Waals surface area contributed by atoms with E-state index < -0.39 is 58.5 Å². The van der Waals surface area contributed by atoms with E-state index in [0.717, 1.165) is 32.1 Å². The fourth-order valence-electron chi connectivity index (χ4n) is 4.99. The minimum Gasteiger partial charge on any atom is -0.444 e. The van der Waals surface area contributed by atoms with Crippen molar-refractivity contribution in [3.63, 3.8) is 0 Å². The van der Waals surface area contributed by atoms with Gasteiger partial charge in [0.05, 0.1) is 5.84 Å². The van der Waals surface area contributed by atoms with Gasteiger partial charge >= 0.3 is 30.5 Å². The van der Waals surface area contributed by atoms with Gasteiger partial charge in [-0.05, 0) is 136 Å². The molecule has 18 nitrogen and oxygen atoms in total. The Balaban J connectivity index is 6.30. The highest BCUT2D eigenvalue weighted by atomic mass is 16.6. The van der Waals surface area contributed by atoms with Crippen LogP contribution in [-0.2, 0) is 23.7 Å². The number of amidine groups is 1. The number of hydrogen-bond acceptors (Lipinski definition) is 12. The van der Waals surface area contributed by atoms with E-state index in [-0.39, 0.29) is 31.6 Å². The summed E-state index contributed by atoms with van der Waals surface area (Å²) in [5.41, 5.74) is 1.40. The van der Waals surface area contributed by atoms with E-state index in [1.165, 1.54) is 9.80 Å². The quantitative estimate of drug-likeness (QED) is 0.0573. The summed E-state index contributed by atoms with van der Waals surface area (Å²) in [7, 11) is 0. The second-order valence-electron chi connectivity index (χ2n) is 19.7. The van der Waals surface area contributed by atoms with Crippen molar-refractivity contribution in [2.24, 2.45) is 20.7 Å². The van der Waals surface area contributed by atoms with Crippen LogP contribution in [-0.4, -0.2) is 112 Å². The number of alkyl carbamates (subject to hydrolysis) is 2. The standard InChI is InChI=1S/C43H80N8O10/c1-31(44)45-27-23-19-17-21-25-29-50(37(55)60-42(11,12)13)33(49-36(54)59-41(8,9)10)51(38(56)61-43(14,15)16)30-26-22-18-20-24-28-46-32(47-34(52)57-39(2,3)4)48-35(53)58-40(5,6)7/h17-30H2,1-16H3,(H2,44,45)(H2,46,47,48,52,53). The first-order valence-electron chi connectivity index (χ1n) is 21.4. The Morgan fingerprint density at radius 3 is 1.15 bits per heavy atom. The van der Waals surface area contributed by atoms with Crippen LogP contribution in [0.5, 0.6) is 0 Å². The molecule has 0 heterocycles. The molecule has 0 saturated heterocycles. The number of rotatable bonds is 16. The molecule has 61 heavy (non-hydrogen) atoms. The smallest absolute Gasteiger partial charge is 0.437 e. The summed E-state index contributed by atoms with van der Waals surface area (Å²) in [6.45, 7) is 28.6. The van der Waals surface area contributed by atoms with Gasteiger partial charge in [0.1, 0.15) is 28.0 Å². The van der Waals surface area contributed by atoms with Crippen LogP contribution in [0.3, 0.4) is 0 Å². The summed E-state index contributed by atoms with van der Waals surface area (Å²) in [6, 6.07) is 0. The van der Waals surface area contributed by atoms with Gasteiger partial charge in [-0.25, -0.2) is 33.8 Å². The molecule has 0 rings (SSSR count). The third-order valence-electron chi connectivity index (χ3n) is 7.24. The highest BCUT2D eigenvalue weighted by Gasteiger charge is 2.35. The zero-order chi connectivity index (χ0) is 47.2. The van der Waals surface area contributed by atoms with Gasteiger partial charge in [0, 0.05) is 26.2 Å². The summed E-state index contributed by atoms with van der Waals surface area (Å²) < 4.78 is 27.7. The summed E-state index contributed by atoms with van der Waals surface area (Å²) >= 11 is 0. The number of unbranched alkanes of at least 4 members (excludes halogenated alkanes) is 8. The van der Waals surface area contributed by atoms with Gasteiger partial charge in [0.15, 0.2) is 0 Å². The fourth-order valence-corrected chi connectivity index (χ4v) is 4.99. The molecule has 18 heteroatoms. The lowest BCUT2D eigenvalue weighted by molar-refractivity contribution is 0.0270. The molecule has 0 radical (unpaired) electrons. The highest BCUT2D eigenvalue weighted by Crippen LogP contribution is 2.19. The van der Waals surface area contributed by atoms with Crippen LogP contribution in [0.15, 0.2) is 15.0 Å². The molecular formula is C43H80N8O10. The normalized spacial score (nSPS) is 12.8. The third-order valence-corrected chi connectivity index (χ3v) is 7.24. The Kier molecular flexibility index (Phi) is 24.0. The Morgan fingerprint density at radius 2 is 0.803 bits per heavy atom. The van der Waals surface area contributed by atoms with Crippen LogP contribution in [0.4, 0.5) is 24.0 Å². The van der Waals surface area contributed by atoms with Crippen LogP contribution in [0.25, 0.3) is 0 Å². The van der Waals surface area contributed by atoms with Crippen molar-refractivity contribution >= 4 is 48.2 Å². The number of hydrogen-bond donors (Lipinski definition) is 3. The van der Waals surface area contributed by atoms with E-state index in [2.05, 4.69) is 25.6 Å². The molecule has 5 amide bonds. The maximum Gasteiger partial charge on any atom is 0.437 e. The average molecular weight is 869 g/mol. The van der Waals surface area contributed by atoms with Crippen LogP contribution < -0.4 is 16.4 Å². The van der Waals surface area contributed by atoms with Crippen LogP contribution in [0, 0.1) is 0 Å². The summed E-state index contributed by atoms with van der Waals surface area (Å²) in [5.74, 6) is 0.192. The van der Waals surface area contributed by atoms with Crippen molar-refractivity contribution in [1.82, 2.24) is 20.4 Å². The van der Waals surface area contributed by atoms with Gasteiger partial charge in [0.25, 0.3) is 0 Å². The minimum atomic E-state index is -0.984. The van der Waals surface area contributed by atoms with Gasteiger partial charge in [-0.1, -0.05) is 38.5 Å². The molecule has 0 atom stereocenters. The van der Waals surface area contributed by atoms with Crippen LogP contribution in [0.1, 0.15) is 175 Å². The maximum absolute atomic E-state index is 14.0. The topological polar surface area (TPSA) is 225 Å². The molecule has 0 bridgehead atoms. The first-order chi connectivity index (χ1) is 27.8. The number of aliphatic imine (C=N–C) groups is 3. The van der Waals surface area contributed by atoms with E-state index in [0.29, 0.717) is 44.5 Å². The first kappa shape index (κ1) is 56.4. The first-order valence-corrected chi connectivity index (χ1v) is 21.4. The minimum absolute atomic E-state index is 0.0544. The van der Waals surface area contributed by atoms with Crippen LogP contribution in [0.2, 0.25) is 0 Å². The summed E-state index contributed by atoms with van der Waals surface area (Å²) in [6.07, 6.45) is 2.92. The van der Waals surface area contributed by atoms with Crippen molar-refractivity contribution in [3.8, 4) is 0 Å². The van der Waals surface area contributed by atoms with Gasteiger partial charge < -0.3 is 29.4 Å². The highest BCUT2D eigenvalue weighted by molar-refractivity contribution is 6.05. The number of carbonyl (C=O) groups is 5. The zero-order valence-electron chi connectivity index (χ0n) is 40.3. The van der Waals surface area contributed by atoms with Gasteiger partial charge in [-0.15, -0.1) is 4.99 Å². The monoisotopic (exact) mass is 869 g/mol. The van der Waals surface area contributed by atoms with E-state index in [4.69, 9.17) is 29.4 Å². The van der Waals surface area contributed by atoms with E-state index in [9.17, 15) is 24.0 Å². The van der Waals surface area contributed by atoms with Gasteiger partial charge in [0.2, 0.25) is 11.9 Å². The predicted octanol–water partition coefficient (Wildman–Crippen LogP) is 9.44. The van der Waals surface area contributed by atoms with Crippen molar-refractivity contribution in [2.75, 3.05) is 26.2 Å². The molecule has 0 aliphatic carbocycles. The largest absolute Gasteiger partial charge is 0.444 e. The lowest BCUT2D eigenvalue weighted by Gasteiger charge is -2.34. The lowest BCUT2D eigenvalue weighted by Crippen LogP contribution is -2.53. The molecule has 0 spiro atoms. The van der Waals surface area contributed by atoms with E-state index >= 15 is 0 Å². The second-order valence-corrected chi connectivity index (χ2v) is 19.7. The second kappa shape index (κ2) is 26.0. The van der Waals surface area contributed by atoms with Crippen molar-refractivity contribution in [2.45, 2.75) is 203 Å². The molecule has 352 valence electrons. The fraction of sp³-hybridized carbons (Fsp3) is 0.814. The Hall–Kier alpha value is -4.64. The lowest BCUT2D eigenvalue weighted by atomic mass is 10.1. The SMILES string of the molecule is CC(N)=NCCCCCCCN(C(=O)OC(C)(C)C)C(=NC(=O)OC(C)(C)C)N(CCCCCCCN=C(NC(=O)OC(C)(C)C)NC(=O)OC(C)(C)C)C(=O)OC(C)(C)C. The number of guanidine groups is 2. The van der Waals surface area contributed by atoms with Crippen molar-refractivity contribution < 1.29 is 47.7 Å². The molecule has 0 aromatic carbocycles. The van der Waals surface area contributed by atoms with Crippen LogP contribution >= 0.6 is 0 Å².